The van der Waals surface area contributed by atoms with Gasteiger partial charge in [0.2, 0.25) is 0 Å². The third-order valence-electron chi connectivity index (χ3n) is 0.829. The number of likely N-dealkylation sites (N-methyl/N-ethyl adjacent to an activating group) is 1. The van der Waals surface area contributed by atoms with Crippen LogP contribution in [0.1, 0.15) is 0 Å². The molecule has 10 heavy (non-hydrogen) atoms. The predicted molar refractivity (Wildman–Crippen MR) is 37.4 cm³/mol. The summed E-state index contributed by atoms with van der Waals surface area (Å²) in [6.07, 6.45) is 0. The van der Waals surface area contributed by atoms with Crippen LogP contribution in [0.15, 0.2) is 15.5 Å². The minimum Gasteiger partial charge on any atom is -0.282 e. The fraction of sp³-hybridized carbons (Fsp3) is 1.00. The second-order valence-electron chi connectivity index (χ2n) is 1.63. The summed E-state index contributed by atoms with van der Waals surface area (Å²) >= 11 is 0. The summed E-state index contributed by atoms with van der Waals surface area (Å²) in [5, 5.41) is 12.1. The molecule has 0 aromatic rings. The van der Waals surface area contributed by atoms with E-state index >= 15 is 0 Å². The van der Waals surface area contributed by atoms with E-state index in [-0.39, 0.29) is 0 Å². The van der Waals surface area contributed by atoms with E-state index in [0.717, 1.165) is 0 Å². The topological polar surface area (TPSA) is 76.7 Å². The lowest BCUT2D eigenvalue weighted by Gasteiger charge is -2.06. The molecule has 0 saturated carbocycles. The molecule has 0 aromatic heterocycles. The van der Waals surface area contributed by atoms with Crippen molar-refractivity contribution in [3.8, 4) is 0 Å². The van der Waals surface area contributed by atoms with E-state index in [2.05, 4.69) is 20.4 Å². The molecule has 56 valence electrons. The zero-order valence-electron chi connectivity index (χ0n) is 6.10. The Morgan fingerprint density at radius 1 is 1.60 bits per heavy atom. The molecule has 0 rings (SSSR count). The highest BCUT2D eigenvalue weighted by Crippen LogP contribution is 1.83. The van der Waals surface area contributed by atoms with E-state index in [4.69, 9.17) is 5.53 Å². The van der Waals surface area contributed by atoms with Crippen LogP contribution < -0.4 is 0 Å². The van der Waals surface area contributed by atoms with Crippen molar-refractivity contribution in [2.75, 3.05) is 27.2 Å². The SMILES string of the molecule is CN=NN(C)CCN=[N+]=[N-]. The number of hydrogen-bond donors (Lipinski definition) is 0. The molecule has 0 spiro atoms. The molecule has 0 atom stereocenters. The van der Waals surface area contributed by atoms with E-state index in [1.807, 2.05) is 0 Å². The fourth-order valence-electron chi connectivity index (χ4n) is 0.432. The predicted octanol–water partition coefficient (Wildman–Crippen LogP) is 1.23. The lowest BCUT2D eigenvalue weighted by atomic mass is 10.6. The summed E-state index contributed by atoms with van der Waals surface area (Å²) in [6.45, 7) is 1.02. The molecule has 0 radical (unpaired) electrons. The molecular formula is C4H10N6. The first-order chi connectivity index (χ1) is 4.81. The first-order valence-electron chi connectivity index (χ1n) is 2.83. The number of hydrogen-bond acceptors (Lipinski definition) is 3. The summed E-state index contributed by atoms with van der Waals surface area (Å²) in [6, 6.07) is 0. The molecule has 0 aromatic carbocycles. The van der Waals surface area contributed by atoms with Crippen molar-refractivity contribution >= 4 is 0 Å². The van der Waals surface area contributed by atoms with Gasteiger partial charge in [0.25, 0.3) is 0 Å². The maximum Gasteiger partial charge on any atom is 0.0509 e. The molecule has 0 aliphatic carbocycles. The summed E-state index contributed by atoms with van der Waals surface area (Å²) in [4.78, 5) is 2.59. The van der Waals surface area contributed by atoms with E-state index in [9.17, 15) is 0 Å². The van der Waals surface area contributed by atoms with Crippen LogP contribution in [0.4, 0.5) is 0 Å². The first kappa shape index (κ1) is 8.71. The van der Waals surface area contributed by atoms with Crippen LogP contribution >= 0.6 is 0 Å². The molecule has 0 amide bonds. The molecule has 0 aliphatic rings. The summed E-state index contributed by atoms with van der Waals surface area (Å²) in [5.41, 5.74) is 7.89. The van der Waals surface area contributed by atoms with Crippen molar-refractivity contribution in [1.29, 1.82) is 0 Å². The van der Waals surface area contributed by atoms with Crippen molar-refractivity contribution in [1.82, 2.24) is 5.01 Å². The monoisotopic (exact) mass is 142 g/mol. The molecule has 6 heteroatoms. The van der Waals surface area contributed by atoms with Gasteiger partial charge in [0.15, 0.2) is 0 Å². The van der Waals surface area contributed by atoms with E-state index < -0.39 is 0 Å². The number of nitrogens with zero attached hydrogens (tertiary/aromatic N) is 6. The van der Waals surface area contributed by atoms with Gasteiger partial charge < -0.3 is 0 Å². The molecule has 0 fully saturated rings. The van der Waals surface area contributed by atoms with Crippen LogP contribution in [0.5, 0.6) is 0 Å². The van der Waals surface area contributed by atoms with Crippen molar-refractivity contribution in [2.45, 2.75) is 0 Å². The van der Waals surface area contributed by atoms with Gasteiger partial charge in [0, 0.05) is 25.0 Å². The van der Waals surface area contributed by atoms with Crippen molar-refractivity contribution in [2.24, 2.45) is 15.5 Å². The van der Waals surface area contributed by atoms with E-state index in [1.165, 1.54) is 0 Å². The summed E-state index contributed by atoms with van der Waals surface area (Å²) in [7, 11) is 3.35. The van der Waals surface area contributed by atoms with Gasteiger partial charge in [-0.2, -0.15) is 5.11 Å². The highest BCUT2D eigenvalue weighted by atomic mass is 15.5. The third kappa shape index (κ3) is 4.86. The molecule has 6 nitrogen and oxygen atoms in total. The smallest absolute Gasteiger partial charge is 0.0509 e. The summed E-state index contributed by atoms with van der Waals surface area (Å²) < 4.78 is 0. The van der Waals surface area contributed by atoms with Crippen LogP contribution in [0.3, 0.4) is 0 Å². The lowest BCUT2D eigenvalue weighted by molar-refractivity contribution is 0.338. The minimum atomic E-state index is 0.423. The van der Waals surface area contributed by atoms with Gasteiger partial charge in [-0.05, 0) is 5.53 Å². The Balaban J connectivity index is 3.38. The van der Waals surface area contributed by atoms with Crippen LogP contribution in [0.25, 0.3) is 10.4 Å². The van der Waals surface area contributed by atoms with Gasteiger partial charge in [-0.15, -0.1) is 0 Å². The highest BCUT2D eigenvalue weighted by molar-refractivity contribution is 4.48. The minimum absolute atomic E-state index is 0.423. The Morgan fingerprint density at radius 3 is 2.80 bits per heavy atom. The zero-order valence-corrected chi connectivity index (χ0v) is 6.10. The Hall–Kier alpha value is -1.29. The Bertz CT molecular complexity index is 146. The molecule has 0 bridgehead atoms. The molecule has 0 unspecified atom stereocenters. The standard InChI is InChI=1S/C4H10N6/c1-6-9-10(2)4-3-7-8-5/h3-4H2,1-2H3. The van der Waals surface area contributed by atoms with Gasteiger partial charge >= 0.3 is 0 Å². The molecule has 0 saturated heterocycles. The van der Waals surface area contributed by atoms with Crippen LogP contribution in [-0.4, -0.2) is 32.2 Å². The lowest BCUT2D eigenvalue weighted by Crippen LogP contribution is -2.13. The molecular weight excluding hydrogens is 132 g/mol. The van der Waals surface area contributed by atoms with Crippen molar-refractivity contribution in [3.05, 3.63) is 10.4 Å². The number of azide groups is 1. The van der Waals surface area contributed by atoms with Crippen LogP contribution in [0.2, 0.25) is 0 Å². The Labute approximate surface area is 59.1 Å². The normalized spacial score (nSPS) is 9.40. The average molecular weight is 142 g/mol. The largest absolute Gasteiger partial charge is 0.282 e. The van der Waals surface area contributed by atoms with E-state index in [1.54, 1.807) is 19.1 Å². The van der Waals surface area contributed by atoms with Crippen LogP contribution in [-0.2, 0) is 0 Å². The van der Waals surface area contributed by atoms with Gasteiger partial charge in [-0.25, -0.2) is 0 Å². The first-order valence-corrected chi connectivity index (χ1v) is 2.83. The summed E-state index contributed by atoms with van der Waals surface area (Å²) in [5.74, 6) is 0. The third-order valence-corrected chi connectivity index (χ3v) is 0.829. The number of rotatable bonds is 4. The maximum absolute atomic E-state index is 7.89. The van der Waals surface area contributed by atoms with Gasteiger partial charge in [0.1, 0.15) is 0 Å². The zero-order chi connectivity index (χ0) is 7.82. The van der Waals surface area contributed by atoms with Crippen molar-refractivity contribution in [3.63, 3.8) is 0 Å². The quantitative estimate of drug-likeness (QED) is 0.251. The van der Waals surface area contributed by atoms with Crippen molar-refractivity contribution < 1.29 is 0 Å². The fourth-order valence-corrected chi connectivity index (χ4v) is 0.432. The van der Waals surface area contributed by atoms with Gasteiger partial charge in [-0.1, -0.05) is 10.3 Å². The van der Waals surface area contributed by atoms with Crippen LogP contribution in [0, 0.1) is 0 Å². The van der Waals surface area contributed by atoms with Gasteiger partial charge in [-0.3, -0.25) is 5.01 Å². The highest BCUT2D eigenvalue weighted by Gasteiger charge is 1.88. The Morgan fingerprint density at radius 2 is 2.30 bits per heavy atom. The molecule has 0 heterocycles. The molecule has 0 aliphatic heterocycles. The molecule has 0 N–H and O–H groups in total. The second kappa shape index (κ2) is 5.84. The average Bonchev–Trinajstić information content (AvgIpc) is 1.89. The van der Waals surface area contributed by atoms with Gasteiger partial charge in [0.05, 0.1) is 7.05 Å². The van der Waals surface area contributed by atoms with E-state index in [0.29, 0.717) is 13.1 Å². The second-order valence-corrected chi connectivity index (χ2v) is 1.63. The Kier molecular flexibility index (Phi) is 5.09. The maximum atomic E-state index is 7.89.